The van der Waals surface area contributed by atoms with Crippen molar-refractivity contribution < 1.29 is 14.1 Å². The summed E-state index contributed by atoms with van der Waals surface area (Å²) < 4.78 is 12.9. The number of anilines is 2. The SMILES string of the molecule is C[C@@H](NC(=O)c1csc(Nc2ccc(F)cc2)n1)c1ccc([N+](=O)[O-])cc1. The molecule has 2 N–H and O–H groups in total. The monoisotopic (exact) mass is 386 g/mol. The molecule has 0 fully saturated rings. The van der Waals surface area contributed by atoms with E-state index < -0.39 is 4.92 Å². The highest BCUT2D eigenvalue weighted by molar-refractivity contribution is 7.14. The smallest absolute Gasteiger partial charge is 0.271 e. The molecule has 0 aliphatic carbocycles. The Morgan fingerprint density at radius 1 is 1.19 bits per heavy atom. The van der Waals surface area contributed by atoms with Gasteiger partial charge in [-0.05, 0) is 36.8 Å². The fourth-order valence-electron chi connectivity index (χ4n) is 2.33. The Kier molecular flexibility index (Phi) is 5.41. The van der Waals surface area contributed by atoms with E-state index in [2.05, 4.69) is 15.6 Å². The maximum atomic E-state index is 12.9. The Labute approximate surface area is 158 Å². The molecule has 1 amide bonds. The minimum atomic E-state index is -0.474. The van der Waals surface area contributed by atoms with E-state index >= 15 is 0 Å². The Morgan fingerprint density at radius 2 is 1.85 bits per heavy atom. The number of hydrogen-bond acceptors (Lipinski definition) is 6. The minimum Gasteiger partial charge on any atom is -0.344 e. The number of thiazole rings is 1. The van der Waals surface area contributed by atoms with Crippen LogP contribution in [0.5, 0.6) is 0 Å². The summed E-state index contributed by atoms with van der Waals surface area (Å²) in [6, 6.07) is 11.5. The summed E-state index contributed by atoms with van der Waals surface area (Å²) in [5.41, 5.74) is 1.65. The number of carbonyl (C=O) groups excluding carboxylic acids is 1. The predicted molar refractivity (Wildman–Crippen MR) is 101 cm³/mol. The van der Waals surface area contributed by atoms with Crippen molar-refractivity contribution in [1.82, 2.24) is 10.3 Å². The molecule has 27 heavy (non-hydrogen) atoms. The first kappa shape index (κ1) is 18.5. The molecule has 3 rings (SSSR count). The topological polar surface area (TPSA) is 97.2 Å². The summed E-state index contributed by atoms with van der Waals surface area (Å²) >= 11 is 1.25. The summed E-state index contributed by atoms with van der Waals surface area (Å²) in [5, 5.41) is 18.6. The molecule has 0 aliphatic heterocycles. The Hall–Kier alpha value is -3.33. The molecular weight excluding hydrogens is 371 g/mol. The van der Waals surface area contributed by atoms with Gasteiger partial charge in [0.2, 0.25) is 0 Å². The number of rotatable bonds is 6. The number of hydrogen-bond donors (Lipinski definition) is 2. The zero-order chi connectivity index (χ0) is 19.4. The maximum absolute atomic E-state index is 12.9. The van der Waals surface area contributed by atoms with Crippen LogP contribution in [0.15, 0.2) is 53.9 Å². The van der Waals surface area contributed by atoms with E-state index in [1.54, 1.807) is 36.6 Å². The van der Waals surface area contributed by atoms with Crippen LogP contribution in [0, 0.1) is 15.9 Å². The fourth-order valence-corrected chi connectivity index (χ4v) is 3.04. The number of nitrogens with one attached hydrogen (secondary N) is 2. The van der Waals surface area contributed by atoms with Crippen molar-refractivity contribution in [2.24, 2.45) is 0 Å². The van der Waals surface area contributed by atoms with Crippen LogP contribution in [-0.4, -0.2) is 15.8 Å². The van der Waals surface area contributed by atoms with Crippen LogP contribution in [0.1, 0.15) is 29.0 Å². The second-order valence-electron chi connectivity index (χ2n) is 5.71. The molecule has 1 heterocycles. The first-order valence-electron chi connectivity index (χ1n) is 7.96. The normalized spacial score (nSPS) is 11.6. The second-order valence-corrected chi connectivity index (χ2v) is 6.57. The summed E-state index contributed by atoms with van der Waals surface area (Å²) in [7, 11) is 0. The molecule has 0 unspecified atom stereocenters. The highest BCUT2D eigenvalue weighted by Gasteiger charge is 2.15. The molecule has 7 nitrogen and oxygen atoms in total. The number of nitro groups is 1. The van der Waals surface area contributed by atoms with Gasteiger partial charge >= 0.3 is 0 Å². The first-order chi connectivity index (χ1) is 12.9. The highest BCUT2D eigenvalue weighted by Crippen LogP contribution is 2.22. The van der Waals surface area contributed by atoms with Crippen LogP contribution in [0.3, 0.4) is 0 Å². The lowest BCUT2D eigenvalue weighted by Crippen LogP contribution is -2.26. The van der Waals surface area contributed by atoms with Crippen LogP contribution < -0.4 is 10.6 Å². The van der Waals surface area contributed by atoms with Crippen molar-refractivity contribution in [1.29, 1.82) is 0 Å². The first-order valence-corrected chi connectivity index (χ1v) is 8.83. The number of carbonyl (C=O) groups is 1. The summed E-state index contributed by atoms with van der Waals surface area (Å²) in [6.07, 6.45) is 0. The number of non-ortho nitro benzene ring substituents is 1. The van der Waals surface area contributed by atoms with E-state index in [9.17, 15) is 19.3 Å². The Bertz CT molecular complexity index is 957. The molecular formula is C18H15FN4O3S. The van der Waals surface area contributed by atoms with Gasteiger partial charge in [0, 0.05) is 23.2 Å². The van der Waals surface area contributed by atoms with Crippen LogP contribution in [0.2, 0.25) is 0 Å². The molecule has 0 spiro atoms. The number of benzene rings is 2. The van der Waals surface area contributed by atoms with E-state index in [0.29, 0.717) is 10.8 Å². The standard InChI is InChI=1S/C18H15FN4O3S/c1-11(12-2-8-15(9-3-12)23(25)26)20-17(24)16-10-27-18(22-16)21-14-6-4-13(19)5-7-14/h2-11H,1H3,(H,20,24)(H,21,22)/t11-/m1/s1. The molecule has 1 atom stereocenters. The van der Waals surface area contributed by atoms with Crippen molar-refractivity contribution in [2.75, 3.05) is 5.32 Å². The van der Waals surface area contributed by atoms with Gasteiger partial charge in [-0.25, -0.2) is 9.37 Å². The van der Waals surface area contributed by atoms with Crippen molar-refractivity contribution in [3.8, 4) is 0 Å². The van der Waals surface area contributed by atoms with E-state index in [0.717, 1.165) is 5.56 Å². The molecule has 0 bridgehead atoms. The lowest BCUT2D eigenvalue weighted by Gasteiger charge is -2.13. The predicted octanol–water partition coefficient (Wildman–Crippen LogP) is 4.43. The summed E-state index contributed by atoms with van der Waals surface area (Å²) in [6.45, 7) is 1.78. The van der Waals surface area contributed by atoms with Gasteiger partial charge in [0.05, 0.1) is 11.0 Å². The van der Waals surface area contributed by atoms with E-state index in [1.165, 1.54) is 35.6 Å². The van der Waals surface area contributed by atoms with Crippen molar-refractivity contribution in [2.45, 2.75) is 13.0 Å². The molecule has 0 saturated carbocycles. The molecule has 0 saturated heterocycles. The molecule has 3 aromatic rings. The number of amides is 1. The highest BCUT2D eigenvalue weighted by atomic mass is 32.1. The summed E-state index contributed by atoms with van der Waals surface area (Å²) in [4.78, 5) is 26.8. The maximum Gasteiger partial charge on any atom is 0.271 e. The lowest BCUT2D eigenvalue weighted by molar-refractivity contribution is -0.384. The fraction of sp³-hybridized carbons (Fsp3) is 0.111. The zero-order valence-electron chi connectivity index (χ0n) is 14.2. The van der Waals surface area contributed by atoms with E-state index in [4.69, 9.17) is 0 Å². The molecule has 1 aromatic heterocycles. The third-order valence-corrected chi connectivity index (χ3v) is 4.54. The quantitative estimate of drug-likeness (QED) is 0.483. The number of halogens is 1. The largest absolute Gasteiger partial charge is 0.344 e. The van der Waals surface area contributed by atoms with Crippen LogP contribution in [0.4, 0.5) is 20.9 Å². The van der Waals surface area contributed by atoms with Gasteiger partial charge in [0.25, 0.3) is 11.6 Å². The van der Waals surface area contributed by atoms with Crippen LogP contribution in [-0.2, 0) is 0 Å². The molecule has 0 radical (unpaired) electrons. The Morgan fingerprint density at radius 3 is 2.48 bits per heavy atom. The summed E-state index contributed by atoms with van der Waals surface area (Å²) in [5.74, 6) is -0.691. The van der Waals surface area contributed by atoms with Gasteiger partial charge in [0.15, 0.2) is 5.13 Å². The van der Waals surface area contributed by atoms with Crippen LogP contribution >= 0.6 is 11.3 Å². The Balaban J connectivity index is 1.63. The molecule has 0 aliphatic rings. The van der Waals surface area contributed by atoms with Crippen molar-refractivity contribution in [3.05, 3.63) is 81.1 Å². The zero-order valence-corrected chi connectivity index (χ0v) is 15.0. The van der Waals surface area contributed by atoms with E-state index in [1.807, 2.05) is 0 Å². The molecule has 9 heteroatoms. The molecule has 138 valence electrons. The van der Waals surface area contributed by atoms with Crippen LogP contribution in [0.25, 0.3) is 0 Å². The average molecular weight is 386 g/mol. The van der Waals surface area contributed by atoms with E-state index in [-0.39, 0.29) is 29.1 Å². The van der Waals surface area contributed by atoms with Crippen molar-refractivity contribution >= 4 is 33.8 Å². The third-order valence-electron chi connectivity index (χ3n) is 3.78. The number of aromatic nitrogens is 1. The minimum absolute atomic E-state index is 0.00622. The van der Waals surface area contributed by atoms with Gasteiger partial charge in [-0.1, -0.05) is 12.1 Å². The van der Waals surface area contributed by atoms with Gasteiger partial charge < -0.3 is 10.6 Å². The van der Waals surface area contributed by atoms with Gasteiger partial charge in [0.1, 0.15) is 11.5 Å². The number of nitrogens with zero attached hydrogens (tertiary/aromatic N) is 2. The second kappa shape index (κ2) is 7.92. The number of nitro benzene ring substituents is 1. The van der Waals surface area contributed by atoms with Gasteiger partial charge in [-0.3, -0.25) is 14.9 Å². The molecule has 2 aromatic carbocycles. The van der Waals surface area contributed by atoms with Crippen molar-refractivity contribution in [3.63, 3.8) is 0 Å². The van der Waals surface area contributed by atoms with Gasteiger partial charge in [-0.2, -0.15) is 0 Å². The van der Waals surface area contributed by atoms with Gasteiger partial charge in [-0.15, -0.1) is 11.3 Å². The lowest BCUT2D eigenvalue weighted by atomic mass is 10.1. The average Bonchev–Trinajstić information content (AvgIpc) is 3.12. The third kappa shape index (κ3) is 4.64.